The standard InChI is InChI=1S/C20H22N6O5/c1-4-31-19(28)17-21-24(13-9-11-14(12-10-13)26(29)30)20-22(2)16-8-6-5-7-15(16)18(27)23(3)25(17)20/h5-12,20-21,28H,4H2,1-3H3/p-1/t20-/m1/s1. The maximum atomic E-state index is 13.2. The number of nitro benzene ring substituents is 1. The van der Waals surface area contributed by atoms with Crippen LogP contribution in [-0.2, 0) is 4.74 Å². The van der Waals surface area contributed by atoms with Gasteiger partial charge in [-0.1, -0.05) is 19.1 Å². The summed E-state index contributed by atoms with van der Waals surface area (Å²) < 4.78 is 5.19. The maximum Gasteiger partial charge on any atom is 0.274 e. The van der Waals surface area contributed by atoms with Gasteiger partial charge in [0.15, 0.2) is 5.82 Å². The second-order valence-corrected chi connectivity index (χ2v) is 6.97. The van der Waals surface area contributed by atoms with Crippen molar-refractivity contribution in [3.8, 4) is 0 Å². The van der Waals surface area contributed by atoms with E-state index in [2.05, 4.69) is 5.43 Å². The summed E-state index contributed by atoms with van der Waals surface area (Å²) in [6.45, 7) is 1.85. The SMILES string of the molecule is CCOC([O-])=C1NN(c2ccc([N+](=O)[O-])cc2)[C@H]2N(C)c3ccccc3C(=O)N(C)N12. The van der Waals surface area contributed by atoms with Gasteiger partial charge >= 0.3 is 0 Å². The Morgan fingerprint density at radius 2 is 1.84 bits per heavy atom. The highest BCUT2D eigenvalue weighted by atomic mass is 16.6. The number of benzene rings is 2. The summed E-state index contributed by atoms with van der Waals surface area (Å²) in [5.74, 6) is -0.865. The Morgan fingerprint density at radius 3 is 2.48 bits per heavy atom. The molecule has 0 aliphatic carbocycles. The molecule has 0 radical (unpaired) electrons. The number of ether oxygens (including phenoxy) is 1. The van der Waals surface area contributed by atoms with Crippen molar-refractivity contribution < 1.29 is 19.6 Å². The van der Waals surface area contributed by atoms with Crippen LogP contribution in [0.4, 0.5) is 17.1 Å². The average Bonchev–Trinajstić information content (AvgIpc) is 3.15. The van der Waals surface area contributed by atoms with Crippen LogP contribution in [0.3, 0.4) is 0 Å². The summed E-state index contributed by atoms with van der Waals surface area (Å²) in [4.78, 5) is 25.6. The van der Waals surface area contributed by atoms with Crippen molar-refractivity contribution in [2.24, 2.45) is 0 Å². The Balaban J connectivity index is 1.87. The van der Waals surface area contributed by atoms with Gasteiger partial charge in [-0.2, -0.15) is 0 Å². The number of anilines is 2. The third kappa shape index (κ3) is 3.19. The van der Waals surface area contributed by atoms with Crippen LogP contribution in [0.25, 0.3) is 0 Å². The van der Waals surface area contributed by atoms with E-state index in [1.54, 1.807) is 50.3 Å². The zero-order valence-electron chi connectivity index (χ0n) is 17.2. The van der Waals surface area contributed by atoms with Crippen LogP contribution in [0.1, 0.15) is 17.3 Å². The second kappa shape index (κ2) is 7.59. The fraction of sp³-hybridized carbons (Fsp3) is 0.250. The number of nitrogens with one attached hydrogen (secondary N) is 1. The molecule has 1 fully saturated rings. The number of hydrogen-bond donors (Lipinski definition) is 1. The smallest absolute Gasteiger partial charge is 0.274 e. The van der Waals surface area contributed by atoms with Crippen molar-refractivity contribution in [2.45, 2.75) is 13.2 Å². The molecule has 1 saturated heterocycles. The summed E-state index contributed by atoms with van der Waals surface area (Å²) in [5, 5.41) is 28.3. The normalized spacial score (nSPS) is 19.5. The van der Waals surface area contributed by atoms with Crippen molar-refractivity contribution in [3.05, 3.63) is 76.0 Å². The van der Waals surface area contributed by atoms with E-state index in [1.165, 1.54) is 22.2 Å². The summed E-state index contributed by atoms with van der Waals surface area (Å²) in [7, 11) is 3.38. The van der Waals surface area contributed by atoms with Crippen molar-refractivity contribution in [1.29, 1.82) is 0 Å². The molecule has 4 rings (SSSR count). The van der Waals surface area contributed by atoms with E-state index < -0.39 is 17.2 Å². The molecule has 11 nitrogen and oxygen atoms in total. The van der Waals surface area contributed by atoms with Crippen LogP contribution in [0.5, 0.6) is 0 Å². The molecule has 162 valence electrons. The number of fused-ring (bicyclic) bond motifs is 2. The largest absolute Gasteiger partial charge is 0.611 e. The molecule has 1 amide bonds. The molecule has 0 spiro atoms. The van der Waals surface area contributed by atoms with Crippen LogP contribution in [-0.4, -0.2) is 47.8 Å². The molecule has 1 N–H and O–H groups in total. The van der Waals surface area contributed by atoms with Gasteiger partial charge in [-0.05, 0) is 30.9 Å². The van der Waals surface area contributed by atoms with Crippen molar-refractivity contribution in [1.82, 2.24) is 15.4 Å². The number of rotatable bonds is 4. The Hall–Kier alpha value is -4.15. The van der Waals surface area contributed by atoms with Gasteiger partial charge in [-0.15, -0.1) is 0 Å². The average molecular weight is 425 g/mol. The molecule has 2 heterocycles. The van der Waals surface area contributed by atoms with E-state index >= 15 is 0 Å². The van der Waals surface area contributed by atoms with Crippen molar-refractivity contribution in [2.75, 3.05) is 30.6 Å². The monoisotopic (exact) mass is 425 g/mol. The lowest BCUT2D eigenvalue weighted by Crippen LogP contribution is -2.55. The van der Waals surface area contributed by atoms with Gasteiger partial charge in [0.05, 0.1) is 27.8 Å². The minimum absolute atomic E-state index is 0.0544. The van der Waals surface area contributed by atoms with E-state index in [-0.39, 0.29) is 24.0 Å². The predicted octanol–water partition coefficient (Wildman–Crippen LogP) is 1.17. The van der Waals surface area contributed by atoms with Gasteiger partial charge in [0.1, 0.15) is 0 Å². The van der Waals surface area contributed by atoms with Crippen LogP contribution >= 0.6 is 0 Å². The number of non-ortho nitro benzene ring substituents is 1. The summed E-state index contributed by atoms with van der Waals surface area (Å²) in [5.41, 5.74) is 4.68. The van der Waals surface area contributed by atoms with E-state index in [9.17, 15) is 20.0 Å². The quantitative estimate of drug-likeness (QED) is 0.437. The highest BCUT2D eigenvalue weighted by Gasteiger charge is 2.46. The Kier molecular flexibility index (Phi) is 4.93. The fourth-order valence-electron chi connectivity index (χ4n) is 3.72. The fourth-order valence-corrected chi connectivity index (χ4v) is 3.72. The Bertz CT molecular complexity index is 1060. The molecule has 2 aromatic carbocycles. The van der Waals surface area contributed by atoms with Crippen molar-refractivity contribution >= 4 is 23.0 Å². The molecule has 31 heavy (non-hydrogen) atoms. The molecule has 0 unspecified atom stereocenters. The zero-order chi connectivity index (χ0) is 22.3. The lowest BCUT2D eigenvalue weighted by atomic mass is 10.1. The van der Waals surface area contributed by atoms with Gasteiger partial charge in [0.25, 0.3) is 11.6 Å². The minimum Gasteiger partial charge on any atom is -0.611 e. The lowest BCUT2D eigenvalue weighted by Gasteiger charge is -2.38. The van der Waals surface area contributed by atoms with Crippen molar-refractivity contribution in [3.63, 3.8) is 0 Å². The molecule has 2 aromatic rings. The maximum absolute atomic E-state index is 13.2. The van der Waals surface area contributed by atoms with Crippen LogP contribution in [0, 0.1) is 10.1 Å². The van der Waals surface area contributed by atoms with Gasteiger partial charge < -0.3 is 14.7 Å². The topological polar surface area (TPSA) is 117 Å². The molecule has 11 heteroatoms. The number of amides is 1. The van der Waals surface area contributed by atoms with E-state index in [0.29, 0.717) is 16.9 Å². The predicted molar refractivity (Wildman–Crippen MR) is 110 cm³/mol. The van der Waals surface area contributed by atoms with Crippen LogP contribution in [0.2, 0.25) is 0 Å². The second-order valence-electron chi connectivity index (χ2n) is 6.97. The van der Waals surface area contributed by atoms with Gasteiger partial charge in [-0.3, -0.25) is 20.3 Å². The number of hydrogen-bond acceptors (Lipinski definition) is 9. The van der Waals surface area contributed by atoms with E-state index in [4.69, 9.17) is 4.74 Å². The summed E-state index contributed by atoms with van der Waals surface area (Å²) >= 11 is 0. The Morgan fingerprint density at radius 1 is 1.16 bits per heavy atom. The first-order valence-corrected chi connectivity index (χ1v) is 9.58. The summed E-state index contributed by atoms with van der Waals surface area (Å²) in [6, 6.07) is 13.0. The third-order valence-electron chi connectivity index (χ3n) is 5.19. The van der Waals surface area contributed by atoms with E-state index in [0.717, 1.165) is 0 Å². The zero-order valence-corrected chi connectivity index (χ0v) is 17.2. The Labute approximate surface area is 178 Å². The number of para-hydroxylation sites is 1. The highest BCUT2D eigenvalue weighted by Crippen LogP contribution is 2.37. The molecule has 1 atom stereocenters. The third-order valence-corrected chi connectivity index (χ3v) is 5.19. The highest BCUT2D eigenvalue weighted by molar-refractivity contribution is 6.00. The molecular formula is C20H21N6O5-. The first kappa shape index (κ1) is 20.1. The summed E-state index contributed by atoms with van der Waals surface area (Å²) in [6.07, 6.45) is -0.668. The molecular weight excluding hydrogens is 404 g/mol. The number of hydrazine groups is 2. The number of carbonyl (C=O) groups is 1. The van der Waals surface area contributed by atoms with Crippen LogP contribution < -0.4 is 20.4 Å². The minimum atomic E-state index is -0.668. The molecule has 2 aliphatic rings. The lowest BCUT2D eigenvalue weighted by molar-refractivity contribution is -0.384. The molecule has 0 bridgehead atoms. The van der Waals surface area contributed by atoms with Gasteiger partial charge in [0.2, 0.25) is 6.29 Å². The number of nitrogens with zero attached hydrogens (tertiary/aromatic N) is 5. The molecule has 0 aromatic heterocycles. The molecule has 0 saturated carbocycles. The number of carbonyl (C=O) groups excluding carboxylic acids is 1. The molecule has 2 aliphatic heterocycles. The van der Waals surface area contributed by atoms with Gasteiger partial charge in [-0.25, -0.2) is 15.0 Å². The number of nitro groups is 1. The first-order chi connectivity index (χ1) is 14.8. The first-order valence-electron chi connectivity index (χ1n) is 9.58. The van der Waals surface area contributed by atoms with Crippen LogP contribution in [0.15, 0.2) is 60.3 Å². The van der Waals surface area contributed by atoms with E-state index in [1.807, 2.05) is 17.0 Å². The van der Waals surface area contributed by atoms with Gasteiger partial charge in [0, 0.05) is 26.2 Å².